The summed E-state index contributed by atoms with van der Waals surface area (Å²) in [5.41, 5.74) is 6.48. The molecule has 1 aromatic heterocycles. The van der Waals surface area contributed by atoms with Gasteiger partial charge in [-0.3, -0.25) is 4.79 Å². The van der Waals surface area contributed by atoms with E-state index < -0.39 is 10.0 Å². The summed E-state index contributed by atoms with van der Waals surface area (Å²) in [6, 6.07) is 1.66. The van der Waals surface area contributed by atoms with Gasteiger partial charge in [-0.1, -0.05) is 0 Å². The molecule has 4 rings (SSSR count). The molecule has 3 heterocycles. The largest absolute Gasteiger partial charge is 0.356 e. The molecule has 3 N–H and O–H groups in total. The molecular formula is C16H24N4O3S2. The second-order valence-electron chi connectivity index (χ2n) is 7.14. The molecule has 2 saturated heterocycles. The molecular weight excluding hydrogens is 360 g/mol. The van der Waals surface area contributed by atoms with Crippen LogP contribution in [-0.2, 0) is 10.0 Å². The van der Waals surface area contributed by atoms with E-state index in [1.807, 2.05) is 4.90 Å². The molecule has 1 aromatic rings. The summed E-state index contributed by atoms with van der Waals surface area (Å²) in [7, 11) is -3.52. The lowest BCUT2D eigenvalue weighted by atomic mass is 9.98. The molecule has 0 radical (unpaired) electrons. The van der Waals surface area contributed by atoms with Crippen LogP contribution in [-0.4, -0.2) is 72.2 Å². The molecule has 3 atom stereocenters. The van der Waals surface area contributed by atoms with Crippen LogP contribution >= 0.6 is 11.8 Å². The van der Waals surface area contributed by atoms with Crippen molar-refractivity contribution < 1.29 is 13.2 Å². The number of thioether (sulfide) groups is 1. The van der Waals surface area contributed by atoms with E-state index in [-0.39, 0.29) is 16.8 Å². The third-order valence-corrected chi connectivity index (χ3v) is 8.51. The van der Waals surface area contributed by atoms with Gasteiger partial charge in [0.15, 0.2) is 0 Å². The highest BCUT2D eigenvalue weighted by Crippen LogP contribution is 2.37. The maximum atomic E-state index is 12.7. The number of hydrogen-bond donors (Lipinski definition) is 2. The highest BCUT2D eigenvalue weighted by molar-refractivity contribution is 7.99. The predicted octanol–water partition coefficient (Wildman–Crippen LogP) is 0.562. The Morgan fingerprint density at radius 3 is 2.72 bits per heavy atom. The van der Waals surface area contributed by atoms with Gasteiger partial charge in [0.25, 0.3) is 5.91 Å². The Kier molecular flexibility index (Phi) is 4.59. The number of carbonyl (C=O) groups excluding carboxylic acids is 1. The number of H-pyrrole nitrogens is 1. The van der Waals surface area contributed by atoms with Gasteiger partial charge in [0.05, 0.1) is 0 Å². The summed E-state index contributed by atoms with van der Waals surface area (Å²) in [5, 5.41) is 0. The van der Waals surface area contributed by atoms with Gasteiger partial charge in [-0.15, -0.1) is 0 Å². The van der Waals surface area contributed by atoms with Crippen LogP contribution in [0.25, 0.3) is 0 Å². The van der Waals surface area contributed by atoms with Gasteiger partial charge in [0.2, 0.25) is 10.0 Å². The van der Waals surface area contributed by atoms with Crippen LogP contribution in [0, 0.1) is 11.8 Å². The second kappa shape index (κ2) is 6.61. The van der Waals surface area contributed by atoms with Crippen LogP contribution in [0.15, 0.2) is 17.2 Å². The number of hydrogen-bond acceptors (Lipinski definition) is 5. The van der Waals surface area contributed by atoms with Gasteiger partial charge in [0.1, 0.15) is 10.6 Å². The number of nitrogens with two attached hydrogens (primary N) is 1. The summed E-state index contributed by atoms with van der Waals surface area (Å²) < 4.78 is 26.9. The van der Waals surface area contributed by atoms with Crippen molar-refractivity contribution in [3.05, 3.63) is 18.0 Å². The standard InChI is InChI=1S/C16H24N4O3S2/c17-14-2-1-11-9-19(10-13(11)14)16(21)15-7-12(8-18-15)25(22,23)20-3-5-24-6-4-20/h7-8,11,13-14,18H,1-6,9-10,17H2. The first kappa shape index (κ1) is 17.4. The number of amides is 1. The van der Waals surface area contributed by atoms with Crippen molar-refractivity contribution in [1.82, 2.24) is 14.2 Å². The van der Waals surface area contributed by atoms with Crippen LogP contribution in [0.2, 0.25) is 0 Å². The number of sulfonamides is 1. The highest BCUT2D eigenvalue weighted by atomic mass is 32.2. The highest BCUT2D eigenvalue weighted by Gasteiger charge is 2.43. The summed E-state index contributed by atoms with van der Waals surface area (Å²) in [4.78, 5) is 17.6. The van der Waals surface area contributed by atoms with E-state index in [0.717, 1.165) is 30.9 Å². The quantitative estimate of drug-likeness (QED) is 0.793. The molecule has 7 nitrogen and oxygen atoms in total. The van der Waals surface area contributed by atoms with Crippen LogP contribution in [0.3, 0.4) is 0 Å². The van der Waals surface area contributed by atoms with E-state index in [2.05, 4.69) is 4.98 Å². The topological polar surface area (TPSA) is 99.5 Å². The minimum absolute atomic E-state index is 0.128. The van der Waals surface area contributed by atoms with Crippen molar-refractivity contribution in [3.63, 3.8) is 0 Å². The van der Waals surface area contributed by atoms with E-state index in [1.54, 1.807) is 11.8 Å². The summed E-state index contributed by atoms with van der Waals surface area (Å²) in [5.74, 6) is 2.37. The van der Waals surface area contributed by atoms with E-state index >= 15 is 0 Å². The Bertz CT molecular complexity index is 757. The molecule has 2 aliphatic heterocycles. The zero-order valence-electron chi connectivity index (χ0n) is 14.1. The van der Waals surface area contributed by atoms with Crippen molar-refractivity contribution in [3.8, 4) is 0 Å². The Labute approximate surface area is 152 Å². The average molecular weight is 385 g/mol. The molecule has 0 bridgehead atoms. The van der Waals surface area contributed by atoms with Crippen LogP contribution in [0.5, 0.6) is 0 Å². The number of fused-ring (bicyclic) bond motifs is 1. The lowest BCUT2D eigenvalue weighted by molar-refractivity contribution is 0.0774. The molecule has 1 amide bonds. The minimum atomic E-state index is -3.52. The van der Waals surface area contributed by atoms with Crippen molar-refractivity contribution in [2.45, 2.75) is 23.8 Å². The van der Waals surface area contributed by atoms with Gasteiger partial charge in [0, 0.05) is 49.9 Å². The van der Waals surface area contributed by atoms with Crippen molar-refractivity contribution in [1.29, 1.82) is 0 Å². The van der Waals surface area contributed by atoms with Gasteiger partial charge < -0.3 is 15.6 Å². The number of carbonyl (C=O) groups is 1. The molecule has 9 heteroatoms. The maximum absolute atomic E-state index is 12.7. The molecule has 3 aliphatic rings. The van der Waals surface area contributed by atoms with Gasteiger partial charge in [-0.05, 0) is 30.7 Å². The first-order chi connectivity index (χ1) is 12.0. The van der Waals surface area contributed by atoms with Crippen LogP contribution in [0.1, 0.15) is 23.3 Å². The molecule has 25 heavy (non-hydrogen) atoms. The average Bonchev–Trinajstić information content (AvgIpc) is 3.33. The van der Waals surface area contributed by atoms with Crippen molar-refractivity contribution in [2.75, 3.05) is 37.7 Å². The second-order valence-corrected chi connectivity index (χ2v) is 10.3. The lowest BCUT2D eigenvalue weighted by Crippen LogP contribution is -2.37. The third-order valence-electron chi connectivity index (χ3n) is 5.69. The smallest absolute Gasteiger partial charge is 0.270 e. The molecule has 0 spiro atoms. The number of nitrogens with one attached hydrogen (secondary N) is 1. The summed E-state index contributed by atoms with van der Waals surface area (Å²) in [6.45, 7) is 2.44. The van der Waals surface area contributed by atoms with E-state index in [9.17, 15) is 13.2 Å². The zero-order valence-corrected chi connectivity index (χ0v) is 15.7. The third kappa shape index (κ3) is 3.11. The summed E-state index contributed by atoms with van der Waals surface area (Å²) in [6.07, 6.45) is 3.55. The first-order valence-electron chi connectivity index (χ1n) is 8.78. The van der Waals surface area contributed by atoms with Crippen molar-refractivity contribution in [2.24, 2.45) is 17.6 Å². The number of nitrogens with zero attached hydrogens (tertiary/aromatic N) is 2. The fraction of sp³-hybridized carbons (Fsp3) is 0.688. The Morgan fingerprint density at radius 2 is 2.00 bits per heavy atom. The monoisotopic (exact) mass is 384 g/mol. The molecule has 1 saturated carbocycles. The van der Waals surface area contributed by atoms with E-state index in [1.165, 1.54) is 16.6 Å². The number of rotatable bonds is 3. The van der Waals surface area contributed by atoms with Crippen molar-refractivity contribution >= 4 is 27.7 Å². The van der Waals surface area contributed by atoms with E-state index in [4.69, 9.17) is 5.73 Å². The molecule has 138 valence electrons. The van der Waals surface area contributed by atoms with Gasteiger partial charge in [-0.25, -0.2) is 8.42 Å². The zero-order chi connectivity index (χ0) is 17.6. The number of likely N-dealkylation sites (tertiary alicyclic amines) is 1. The van der Waals surface area contributed by atoms with E-state index in [0.29, 0.717) is 37.2 Å². The molecule has 1 aliphatic carbocycles. The molecule has 0 aromatic carbocycles. The van der Waals surface area contributed by atoms with Gasteiger partial charge in [-0.2, -0.15) is 16.1 Å². The predicted molar refractivity (Wildman–Crippen MR) is 97.0 cm³/mol. The lowest BCUT2D eigenvalue weighted by Gasteiger charge is -2.24. The first-order valence-corrected chi connectivity index (χ1v) is 11.4. The Morgan fingerprint density at radius 1 is 1.24 bits per heavy atom. The fourth-order valence-corrected chi connectivity index (χ4v) is 6.80. The SMILES string of the molecule is NC1CCC2CN(C(=O)c3cc(S(=O)(=O)N4CCSCC4)c[nH]3)CC12. The van der Waals surface area contributed by atoms with Crippen LogP contribution in [0.4, 0.5) is 0 Å². The summed E-state index contributed by atoms with van der Waals surface area (Å²) >= 11 is 1.76. The maximum Gasteiger partial charge on any atom is 0.270 e. The van der Waals surface area contributed by atoms with Crippen LogP contribution < -0.4 is 5.73 Å². The normalized spacial score (nSPS) is 30.6. The number of aromatic nitrogens is 1. The number of aromatic amines is 1. The molecule has 3 unspecified atom stereocenters. The Balaban J connectivity index is 1.48. The minimum Gasteiger partial charge on any atom is -0.356 e. The fourth-order valence-electron chi connectivity index (χ4n) is 4.23. The molecule has 3 fully saturated rings. The Hall–Kier alpha value is -1.03. The van der Waals surface area contributed by atoms with Gasteiger partial charge >= 0.3 is 0 Å².